The molecule has 0 saturated heterocycles. The Bertz CT molecular complexity index is 404. The molecule has 0 aliphatic heterocycles. The van der Waals surface area contributed by atoms with Crippen LogP contribution in [-0.2, 0) is 11.2 Å². The van der Waals surface area contributed by atoms with E-state index in [1.54, 1.807) is 0 Å². The normalized spacial score (nSPS) is 11.9. The summed E-state index contributed by atoms with van der Waals surface area (Å²) in [4.78, 5) is 11.8. The molecule has 2 N–H and O–H groups in total. The molecule has 0 spiro atoms. The number of benzene rings is 1. The van der Waals surface area contributed by atoms with Gasteiger partial charge in [0, 0.05) is 6.42 Å². The summed E-state index contributed by atoms with van der Waals surface area (Å²) in [5, 5.41) is 6.10. The summed E-state index contributed by atoms with van der Waals surface area (Å²) in [5.41, 5.74) is 2.52. The maximum Gasteiger partial charge on any atom is 0.220 e. The van der Waals surface area contributed by atoms with Gasteiger partial charge in [-0.3, -0.25) is 4.79 Å². The Kier molecular flexibility index (Phi) is 10.1. The van der Waals surface area contributed by atoms with Crippen molar-refractivity contribution in [2.24, 2.45) is 5.92 Å². The van der Waals surface area contributed by atoms with Gasteiger partial charge in [-0.1, -0.05) is 38.1 Å². The van der Waals surface area contributed by atoms with Crippen molar-refractivity contribution in [1.82, 2.24) is 10.6 Å². The van der Waals surface area contributed by atoms with Gasteiger partial charge in [0.1, 0.15) is 0 Å². The van der Waals surface area contributed by atoms with Crippen molar-refractivity contribution < 1.29 is 4.79 Å². The summed E-state index contributed by atoms with van der Waals surface area (Å²) < 4.78 is 0. The highest BCUT2D eigenvalue weighted by molar-refractivity contribution is 5.85. The topological polar surface area (TPSA) is 41.1 Å². The van der Waals surface area contributed by atoms with Crippen LogP contribution >= 0.6 is 12.4 Å². The Morgan fingerprint density at radius 2 is 1.76 bits per heavy atom. The Hall–Kier alpha value is -1.06. The molecule has 0 aliphatic rings. The fourth-order valence-corrected chi connectivity index (χ4v) is 2.24. The highest BCUT2D eigenvalue weighted by atomic mass is 35.5. The Morgan fingerprint density at radius 3 is 2.29 bits per heavy atom. The Labute approximate surface area is 135 Å². The van der Waals surface area contributed by atoms with Crippen molar-refractivity contribution in [1.29, 1.82) is 0 Å². The van der Waals surface area contributed by atoms with E-state index >= 15 is 0 Å². The second kappa shape index (κ2) is 10.6. The van der Waals surface area contributed by atoms with Crippen LogP contribution in [-0.4, -0.2) is 19.5 Å². The quantitative estimate of drug-likeness (QED) is 0.722. The molecule has 0 radical (unpaired) electrons. The zero-order chi connectivity index (χ0) is 15.0. The van der Waals surface area contributed by atoms with Crippen LogP contribution in [0.1, 0.15) is 50.8 Å². The second-order valence-electron chi connectivity index (χ2n) is 5.84. The van der Waals surface area contributed by atoms with E-state index < -0.39 is 0 Å². The van der Waals surface area contributed by atoms with Gasteiger partial charge in [-0.25, -0.2) is 0 Å². The molecule has 1 rings (SSSR count). The zero-order valence-corrected chi connectivity index (χ0v) is 14.4. The molecule has 4 heteroatoms. The lowest BCUT2D eigenvalue weighted by Crippen LogP contribution is -2.27. The standard InChI is InChI=1S/C17H28N2O.ClH/c1-13(2)12-15-7-9-16(10-8-15)14(3)19-17(20)6-5-11-18-4;/h7-10,13-14,18H,5-6,11-12H2,1-4H3,(H,19,20);1H. The average molecular weight is 313 g/mol. The molecule has 1 unspecified atom stereocenters. The van der Waals surface area contributed by atoms with Gasteiger partial charge in [0.15, 0.2) is 0 Å². The molecule has 1 aromatic carbocycles. The maximum absolute atomic E-state index is 11.8. The third-order valence-electron chi connectivity index (χ3n) is 3.33. The van der Waals surface area contributed by atoms with Crippen molar-refractivity contribution in [3.63, 3.8) is 0 Å². The van der Waals surface area contributed by atoms with Crippen LogP contribution in [0.15, 0.2) is 24.3 Å². The molecule has 0 aromatic heterocycles. The van der Waals surface area contributed by atoms with Crippen molar-refractivity contribution in [3.05, 3.63) is 35.4 Å². The lowest BCUT2D eigenvalue weighted by molar-refractivity contribution is -0.121. The van der Waals surface area contributed by atoms with E-state index in [0.29, 0.717) is 12.3 Å². The number of carbonyl (C=O) groups excluding carboxylic acids is 1. The monoisotopic (exact) mass is 312 g/mol. The Balaban J connectivity index is 0.00000400. The Morgan fingerprint density at radius 1 is 1.14 bits per heavy atom. The summed E-state index contributed by atoms with van der Waals surface area (Å²) in [6.45, 7) is 7.36. The predicted molar refractivity (Wildman–Crippen MR) is 92.0 cm³/mol. The number of nitrogens with one attached hydrogen (secondary N) is 2. The minimum absolute atomic E-state index is 0. The van der Waals surface area contributed by atoms with Crippen molar-refractivity contribution >= 4 is 18.3 Å². The highest BCUT2D eigenvalue weighted by Gasteiger charge is 2.09. The van der Waals surface area contributed by atoms with Crippen LogP contribution in [0.4, 0.5) is 0 Å². The molecule has 0 fully saturated rings. The van der Waals surface area contributed by atoms with Crippen molar-refractivity contribution in [2.75, 3.05) is 13.6 Å². The maximum atomic E-state index is 11.8. The van der Waals surface area contributed by atoms with E-state index in [0.717, 1.165) is 19.4 Å². The minimum atomic E-state index is 0. The van der Waals surface area contributed by atoms with Gasteiger partial charge in [-0.05, 0) is 50.4 Å². The molecule has 0 heterocycles. The number of hydrogen-bond donors (Lipinski definition) is 2. The molecule has 0 bridgehead atoms. The number of amides is 1. The number of rotatable bonds is 8. The summed E-state index contributed by atoms with van der Waals surface area (Å²) in [6, 6.07) is 8.65. The van der Waals surface area contributed by atoms with Gasteiger partial charge in [0.05, 0.1) is 6.04 Å². The van der Waals surface area contributed by atoms with Crippen LogP contribution < -0.4 is 10.6 Å². The van der Waals surface area contributed by atoms with Crippen LogP contribution in [0.25, 0.3) is 0 Å². The van der Waals surface area contributed by atoms with E-state index in [1.807, 2.05) is 14.0 Å². The number of hydrogen-bond acceptors (Lipinski definition) is 2. The summed E-state index contributed by atoms with van der Waals surface area (Å²) in [6.07, 6.45) is 2.56. The fourth-order valence-electron chi connectivity index (χ4n) is 2.24. The molecule has 3 nitrogen and oxygen atoms in total. The number of carbonyl (C=O) groups is 1. The van der Waals surface area contributed by atoms with E-state index in [1.165, 1.54) is 11.1 Å². The predicted octanol–water partition coefficient (Wildman–Crippen LogP) is 3.48. The fraction of sp³-hybridized carbons (Fsp3) is 0.588. The molecule has 0 aliphatic carbocycles. The molecule has 0 saturated carbocycles. The summed E-state index contributed by atoms with van der Waals surface area (Å²) in [7, 11) is 1.90. The molecular weight excluding hydrogens is 284 g/mol. The van der Waals surface area contributed by atoms with Crippen LogP contribution in [0, 0.1) is 5.92 Å². The lowest BCUT2D eigenvalue weighted by Gasteiger charge is -2.15. The van der Waals surface area contributed by atoms with Gasteiger partial charge in [0.25, 0.3) is 0 Å². The zero-order valence-electron chi connectivity index (χ0n) is 13.6. The molecule has 120 valence electrons. The van der Waals surface area contributed by atoms with Gasteiger partial charge in [0.2, 0.25) is 5.91 Å². The van der Waals surface area contributed by atoms with Crippen molar-refractivity contribution in [3.8, 4) is 0 Å². The van der Waals surface area contributed by atoms with Crippen molar-refractivity contribution in [2.45, 2.75) is 46.1 Å². The highest BCUT2D eigenvalue weighted by Crippen LogP contribution is 2.15. The van der Waals surface area contributed by atoms with E-state index in [-0.39, 0.29) is 24.4 Å². The lowest BCUT2D eigenvalue weighted by atomic mass is 10.00. The van der Waals surface area contributed by atoms with Gasteiger partial charge >= 0.3 is 0 Å². The van der Waals surface area contributed by atoms with Gasteiger partial charge in [-0.15, -0.1) is 12.4 Å². The third-order valence-corrected chi connectivity index (χ3v) is 3.33. The van der Waals surface area contributed by atoms with E-state index in [9.17, 15) is 4.79 Å². The first-order valence-electron chi connectivity index (χ1n) is 7.55. The van der Waals surface area contributed by atoms with Crippen LogP contribution in [0.3, 0.4) is 0 Å². The average Bonchev–Trinajstić information content (AvgIpc) is 2.39. The minimum Gasteiger partial charge on any atom is -0.350 e. The molecule has 1 atom stereocenters. The molecule has 21 heavy (non-hydrogen) atoms. The van der Waals surface area contributed by atoms with E-state index in [2.05, 4.69) is 48.7 Å². The molecule has 1 aromatic rings. The second-order valence-corrected chi connectivity index (χ2v) is 5.84. The SMILES string of the molecule is CNCCCC(=O)NC(C)c1ccc(CC(C)C)cc1.Cl. The third kappa shape index (κ3) is 8.08. The largest absolute Gasteiger partial charge is 0.350 e. The van der Waals surface area contributed by atoms with Gasteiger partial charge in [-0.2, -0.15) is 0 Å². The first kappa shape index (κ1) is 19.9. The first-order valence-corrected chi connectivity index (χ1v) is 7.55. The van der Waals surface area contributed by atoms with Gasteiger partial charge < -0.3 is 10.6 Å². The first-order chi connectivity index (χ1) is 9.52. The van der Waals surface area contributed by atoms with E-state index in [4.69, 9.17) is 0 Å². The summed E-state index contributed by atoms with van der Waals surface area (Å²) in [5.74, 6) is 0.796. The van der Waals surface area contributed by atoms with Crippen LogP contribution in [0.2, 0.25) is 0 Å². The van der Waals surface area contributed by atoms with Crippen LogP contribution in [0.5, 0.6) is 0 Å². The smallest absolute Gasteiger partial charge is 0.220 e. The molecule has 1 amide bonds. The summed E-state index contributed by atoms with van der Waals surface area (Å²) >= 11 is 0. The molecular formula is C17H29ClN2O. The number of halogens is 1.